The Labute approximate surface area is 127 Å². The molecule has 0 aliphatic rings. The summed E-state index contributed by atoms with van der Waals surface area (Å²) < 4.78 is 0. The molecule has 0 radical (unpaired) electrons. The first kappa shape index (κ1) is 15.7. The lowest BCUT2D eigenvalue weighted by atomic mass is 10.0. The molecule has 0 bridgehead atoms. The molecule has 2 N–H and O–H groups in total. The minimum Gasteiger partial charge on any atom is -0.396 e. The molecule has 2 heteroatoms. The van der Waals surface area contributed by atoms with Crippen LogP contribution in [0.5, 0.6) is 0 Å². The van der Waals surface area contributed by atoms with Gasteiger partial charge < -0.3 is 10.4 Å². The van der Waals surface area contributed by atoms with Gasteiger partial charge in [0.05, 0.1) is 0 Å². The van der Waals surface area contributed by atoms with E-state index >= 15 is 0 Å². The van der Waals surface area contributed by atoms with Gasteiger partial charge in [0.15, 0.2) is 0 Å². The average Bonchev–Trinajstić information content (AvgIpc) is 2.55. The topological polar surface area (TPSA) is 32.3 Å². The van der Waals surface area contributed by atoms with E-state index < -0.39 is 0 Å². The molecule has 0 spiro atoms. The summed E-state index contributed by atoms with van der Waals surface area (Å²) >= 11 is 0. The third kappa shape index (κ3) is 5.00. The minimum atomic E-state index is 0.284. The van der Waals surface area contributed by atoms with E-state index in [0.717, 1.165) is 25.9 Å². The monoisotopic (exact) mass is 283 g/mol. The van der Waals surface area contributed by atoms with Crippen molar-refractivity contribution in [2.45, 2.75) is 26.3 Å². The van der Waals surface area contributed by atoms with Crippen LogP contribution in [-0.4, -0.2) is 18.3 Å². The second kappa shape index (κ2) is 8.60. The maximum absolute atomic E-state index is 9.00. The Morgan fingerprint density at radius 2 is 1.62 bits per heavy atom. The summed E-state index contributed by atoms with van der Waals surface area (Å²) in [5.41, 5.74) is 3.81. The lowest BCUT2D eigenvalue weighted by Gasteiger charge is -2.14. The smallest absolute Gasteiger partial charge is 0.0434 e. The molecule has 21 heavy (non-hydrogen) atoms. The SMILES string of the molecule is CCC(CCO)CNCc1ccc(-c2ccccc2)cc1. The third-order valence-corrected chi connectivity index (χ3v) is 3.94. The number of rotatable bonds is 8. The van der Waals surface area contributed by atoms with Crippen molar-refractivity contribution in [1.29, 1.82) is 0 Å². The van der Waals surface area contributed by atoms with Gasteiger partial charge in [-0.05, 0) is 35.6 Å². The molecule has 0 fully saturated rings. The fourth-order valence-corrected chi connectivity index (χ4v) is 2.50. The van der Waals surface area contributed by atoms with E-state index in [1.165, 1.54) is 16.7 Å². The van der Waals surface area contributed by atoms with Crippen LogP contribution >= 0.6 is 0 Å². The summed E-state index contributed by atoms with van der Waals surface area (Å²) in [5, 5.41) is 12.5. The van der Waals surface area contributed by atoms with Gasteiger partial charge >= 0.3 is 0 Å². The van der Waals surface area contributed by atoms with Gasteiger partial charge in [0.2, 0.25) is 0 Å². The second-order valence-electron chi connectivity index (χ2n) is 5.48. The van der Waals surface area contributed by atoms with Gasteiger partial charge in [-0.3, -0.25) is 0 Å². The number of aliphatic hydroxyl groups excluding tert-OH is 1. The molecule has 0 aromatic heterocycles. The predicted molar refractivity (Wildman–Crippen MR) is 89.1 cm³/mol. The van der Waals surface area contributed by atoms with Gasteiger partial charge in [0.25, 0.3) is 0 Å². The van der Waals surface area contributed by atoms with Crippen LogP contribution in [0.3, 0.4) is 0 Å². The van der Waals surface area contributed by atoms with Crippen molar-refractivity contribution in [3.63, 3.8) is 0 Å². The van der Waals surface area contributed by atoms with E-state index in [-0.39, 0.29) is 6.61 Å². The zero-order valence-corrected chi connectivity index (χ0v) is 12.8. The van der Waals surface area contributed by atoms with Crippen LogP contribution in [0, 0.1) is 5.92 Å². The van der Waals surface area contributed by atoms with Crippen molar-refractivity contribution in [2.24, 2.45) is 5.92 Å². The first-order valence-electron chi connectivity index (χ1n) is 7.79. The predicted octanol–water partition coefficient (Wildman–Crippen LogP) is 3.85. The Kier molecular flexibility index (Phi) is 6.45. The third-order valence-electron chi connectivity index (χ3n) is 3.94. The molecule has 112 valence electrons. The van der Waals surface area contributed by atoms with Gasteiger partial charge in [-0.1, -0.05) is 67.9 Å². The molecule has 0 saturated carbocycles. The average molecular weight is 283 g/mol. The number of hydrogen-bond donors (Lipinski definition) is 2. The summed E-state index contributed by atoms with van der Waals surface area (Å²) in [6, 6.07) is 19.2. The van der Waals surface area contributed by atoms with Crippen molar-refractivity contribution in [2.75, 3.05) is 13.2 Å². The maximum Gasteiger partial charge on any atom is 0.0434 e. The van der Waals surface area contributed by atoms with Gasteiger partial charge in [0.1, 0.15) is 0 Å². The summed E-state index contributed by atoms with van der Waals surface area (Å²) in [4.78, 5) is 0. The molecule has 2 aromatic rings. The summed E-state index contributed by atoms with van der Waals surface area (Å²) in [6.45, 7) is 4.32. The van der Waals surface area contributed by atoms with E-state index in [1.807, 2.05) is 6.07 Å². The van der Waals surface area contributed by atoms with E-state index in [2.05, 4.69) is 60.8 Å². The van der Waals surface area contributed by atoms with Crippen LogP contribution < -0.4 is 5.32 Å². The second-order valence-corrected chi connectivity index (χ2v) is 5.48. The Morgan fingerprint density at radius 3 is 2.24 bits per heavy atom. The largest absolute Gasteiger partial charge is 0.396 e. The lowest BCUT2D eigenvalue weighted by molar-refractivity contribution is 0.251. The molecule has 2 aromatic carbocycles. The van der Waals surface area contributed by atoms with Crippen LogP contribution in [0.4, 0.5) is 0 Å². The van der Waals surface area contributed by atoms with Crippen LogP contribution in [0.1, 0.15) is 25.3 Å². The van der Waals surface area contributed by atoms with Gasteiger partial charge in [-0.15, -0.1) is 0 Å². The highest BCUT2D eigenvalue weighted by atomic mass is 16.3. The summed E-state index contributed by atoms with van der Waals surface area (Å²) in [7, 11) is 0. The zero-order chi connectivity index (χ0) is 14.9. The highest BCUT2D eigenvalue weighted by Gasteiger charge is 2.04. The van der Waals surface area contributed by atoms with E-state index in [9.17, 15) is 0 Å². The molecule has 0 saturated heterocycles. The van der Waals surface area contributed by atoms with Crippen molar-refractivity contribution in [3.05, 3.63) is 60.2 Å². The van der Waals surface area contributed by atoms with Crippen molar-refractivity contribution in [3.8, 4) is 11.1 Å². The van der Waals surface area contributed by atoms with Crippen LogP contribution in [0.2, 0.25) is 0 Å². The van der Waals surface area contributed by atoms with E-state index in [4.69, 9.17) is 5.11 Å². The number of hydrogen-bond acceptors (Lipinski definition) is 2. The molecular formula is C19H25NO. The Morgan fingerprint density at radius 1 is 0.952 bits per heavy atom. The molecule has 1 unspecified atom stereocenters. The highest BCUT2D eigenvalue weighted by Crippen LogP contribution is 2.19. The van der Waals surface area contributed by atoms with Gasteiger partial charge in [0, 0.05) is 13.2 Å². The molecule has 2 nitrogen and oxygen atoms in total. The number of aliphatic hydroxyl groups is 1. The molecule has 0 heterocycles. The maximum atomic E-state index is 9.00. The van der Waals surface area contributed by atoms with Crippen LogP contribution in [-0.2, 0) is 6.54 Å². The first-order chi connectivity index (χ1) is 10.3. The Hall–Kier alpha value is -1.64. The molecule has 0 amide bonds. The molecule has 0 aliphatic carbocycles. The van der Waals surface area contributed by atoms with Crippen molar-refractivity contribution < 1.29 is 5.11 Å². The lowest BCUT2D eigenvalue weighted by Crippen LogP contribution is -2.22. The van der Waals surface area contributed by atoms with Crippen LogP contribution in [0.15, 0.2) is 54.6 Å². The van der Waals surface area contributed by atoms with Crippen molar-refractivity contribution >= 4 is 0 Å². The van der Waals surface area contributed by atoms with Gasteiger partial charge in [-0.25, -0.2) is 0 Å². The quantitative estimate of drug-likeness (QED) is 0.771. The summed E-state index contributed by atoms with van der Waals surface area (Å²) in [5.74, 6) is 0.568. The first-order valence-corrected chi connectivity index (χ1v) is 7.79. The fourth-order valence-electron chi connectivity index (χ4n) is 2.50. The van der Waals surface area contributed by atoms with E-state index in [0.29, 0.717) is 5.92 Å². The highest BCUT2D eigenvalue weighted by molar-refractivity contribution is 5.63. The zero-order valence-electron chi connectivity index (χ0n) is 12.8. The Bertz CT molecular complexity index is 507. The van der Waals surface area contributed by atoms with Crippen molar-refractivity contribution in [1.82, 2.24) is 5.32 Å². The molecule has 2 rings (SSSR count). The Balaban J connectivity index is 1.85. The summed E-state index contributed by atoms with van der Waals surface area (Å²) in [6.07, 6.45) is 2.00. The molecule has 0 aliphatic heterocycles. The number of benzene rings is 2. The molecule has 1 atom stereocenters. The minimum absolute atomic E-state index is 0.284. The van der Waals surface area contributed by atoms with E-state index in [1.54, 1.807) is 0 Å². The van der Waals surface area contributed by atoms with Gasteiger partial charge in [-0.2, -0.15) is 0 Å². The molecular weight excluding hydrogens is 258 g/mol. The number of nitrogens with one attached hydrogen (secondary N) is 1. The fraction of sp³-hybridized carbons (Fsp3) is 0.368. The standard InChI is InChI=1S/C19H25NO/c1-2-16(12-13-21)14-20-15-17-8-10-19(11-9-17)18-6-4-3-5-7-18/h3-11,16,20-21H,2,12-15H2,1H3. The van der Waals surface area contributed by atoms with Crippen LogP contribution in [0.25, 0.3) is 11.1 Å². The normalized spacial score (nSPS) is 12.3.